The fourth-order valence-corrected chi connectivity index (χ4v) is 1.35. The van der Waals surface area contributed by atoms with Crippen molar-refractivity contribution in [2.75, 3.05) is 6.54 Å². The van der Waals surface area contributed by atoms with E-state index in [2.05, 4.69) is 10.6 Å². The number of hydrogen-bond acceptors (Lipinski definition) is 5. The van der Waals surface area contributed by atoms with Gasteiger partial charge in [-0.3, -0.25) is 19.2 Å². The average molecular weight is 289 g/mol. The minimum absolute atomic E-state index is 0.315. The third-order valence-corrected chi connectivity index (χ3v) is 2.39. The van der Waals surface area contributed by atoms with Crippen LogP contribution in [0, 0.1) is 5.92 Å². The highest BCUT2D eigenvalue weighted by Crippen LogP contribution is 2.03. The number of rotatable bonds is 8. The summed E-state index contributed by atoms with van der Waals surface area (Å²) in [5.74, 6) is -4.21. The van der Waals surface area contributed by atoms with E-state index in [1.165, 1.54) is 0 Å². The van der Waals surface area contributed by atoms with E-state index in [1.54, 1.807) is 13.8 Å². The summed E-state index contributed by atoms with van der Waals surface area (Å²) in [5, 5.41) is 21.4. The fraction of sp³-hybridized carbons (Fsp3) is 0.636. The molecule has 2 unspecified atom stereocenters. The molecule has 0 aliphatic carbocycles. The summed E-state index contributed by atoms with van der Waals surface area (Å²) in [4.78, 5) is 44.2. The van der Waals surface area contributed by atoms with Gasteiger partial charge in [-0.2, -0.15) is 0 Å². The molecule has 0 rings (SSSR count). The van der Waals surface area contributed by atoms with Gasteiger partial charge < -0.3 is 26.6 Å². The van der Waals surface area contributed by atoms with Gasteiger partial charge in [0.1, 0.15) is 12.6 Å². The van der Waals surface area contributed by atoms with Crippen molar-refractivity contribution in [3.63, 3.8) is 0 Å². The minimum Gasteiger partial charge on any atom is -0.481 e. The predicted molar refractivity (Wildman–Crippen MR) is 67.6 cm³/mol. The highest BCUT2D eigenvalue weighted by molar-refractivity contribution is 5.92. The average Bonchev–Trinajstić information content (AvgIpc) is 2.31. The first-order chi connectivity index (χ1) is 9.15. The van der Waals surface area contributed by atoms with Crippen LogP contribution in [0.2, 0.25) is 0 Å². The molecule has 2 amide bonds. The zero-order valence-corrected chi connectivity index (χ0v) is 11.3. The Morgan fingerprint density at radius 2 is 1.60 bits per heavy atom. The molecule has 0 aliphatic heterocycles. The van der Waals surface area contributed by atoms with Gasteiger partial charge >= 0.3 is 11.9 Å². The monoisotopic (exact) mass is 289 g/mol. The third kappa shape index (κ3) is 6.69. The Balaban J connectivity index is 4.61. The van der Waals surface area contributed by atoms with Crippen LogP contribution in [0.3, 0.4) is 0 Å². The van der Waals surface area contributed by atoms with E-state index < -0.39 is 48.8 Å². The molecule has 9 nitrogen and oxygen atoms in total. The van der Waals surface area contributed by atoms with Crippen molar-refractivity contribution in [1.82, 2.24) is 10.6 Å². The summed E-state index contributed by atoms with van der Waals surface area (Å²) in [6.45, 7) is 2.72. The van der Waals surface area contributed by atoms with E-state index in [-0.39, 0.29) is 5.92 Å². The molecule has 0 aromatic heterocycles. The zero-order chi connectivity index (χ0) is 15.9. The molecule has 0 spiro atoms. The molecule has 0 aliphatic rings. The fourth-order valence-electron chi connectivity index (χ4n) is 1.35. The van der Waals surface area contributed by atoms with E-state index in [0.717, 1.165) is 0 Å². The highest BCUT2D eigenvalue weighted by Gasteiger charge is 2.27. The third-order valence-electron chi connectivity index (χ3n) is 2.39. The van der Waals surface area contributed by atoms with Gasteiger partial charge in [0.05, 0.1) is 12.5 Å². The van der Waals surface area contributed by atoms with Crippen LogP contribution in [-0.2, 0) is 19.2 Å². The first-order valence-electron chi connectivity index (χ1n) is 5.92. The number of carbonyl (C=O) groups is 4. The van der Waals surface area contributed by atoms with Gasteiger partial charge in [0, 0.05) is 0 Å². The van der Waals surface area contributed by atoms with Gasteiger partial charge in [-0.05, 0) is 5.92 Å². The Kier molecular flexibility index (Phi) is 7.22. The summed E-state index contributed by atoms with van der Waals surface area (Å²) < 4.78 is 0. The number of nitrogens with one attached hydrogen (secondary N) is 2. The Bertz CT molecular complexity index is 396. The molecule has 0 saturated carbocycles. The van der Waals surface area contributed by atoms with Gasteiger partial charge in [0.2, 0.25) is 11.8 Å². The van der Waals surface area contributed by atoms with Gasteiger partial charge in [-0.1, -0.05) is 13.8 Å². The van der Waals surface area contributed by atoms with Gasteiger partial charge in [0.25, 0.3) is 0 Å². The summed E-state index contributed by atoms with van der Waals surface area (Å²) in [6.07, 6.45) is -0.562. The molecule has 6 N–H and O–H groups in total. The second-order valence-electron chi connectivity index (χ2n) is 4.55. The van der Waals surface area contributed by atoms with Gasteiger partial charge in [0.15, 0.2) is 0 Å². The SMILES string of the molecule is CC(C)C(NC(=O)C(N)CC(=O)O)C(=O)NCC(=O)O. The second kappa shape index (κ2) is 8.10. The van der Waals surface area contributed by atoms with Gasteiger partial charge in [-0.25, -0.2) is 0 Å². The second-order valence-corrected chi connectivity index (χ2v) is 4.55. The first kappa shape index (κ1) is 17.8. The molecule has 9 heteroatoms. The van der Waals surface area contributed by atoms with Crippen LogP contribution < -0.4 is 16.4 Å². The zero-order valence-electron chi connectivity index (χ0n) is 11.3. The molecule has 0 radical (unpaired) electrons. The first-order valence-corrected chi connectivity index (χ1v) is 5.92. The maximum Gasteiger partial charge on any atom is 0.322 e. The lowest BCUT2D eigenvalue weighted by molar-refractivity contribution is -0.140. The molecule has 0 saturated heterocycles. The van der Waals surface area contributed by atoms with Gasteiger partial charge in [-0.15, -0.1) is 0 Å². The van der Waals surface area contributed by atoms with Crippen LogP contribution in [0.4, 0.5) is 0 Å². The maximum atomic E-state index is 11.7. The van der Waals surface area contributed by atoms with E-state index in [0.29, 0.717) is 0 Å². The summed E-state index contributed by atoms with van der Waals surface area (Å²) in [5.41, 5.74) is 5.37. The van der Waals surface area contributed by atoms with E-state index in [1.807, 2.05) is 0 Å². The minimum atomic E-state index is -1.28. The molecule has 0 aromatic rings. The molecule has 20 heavy (non-hydrogen) atoms. The van der Waals surface area contributed by atoms with E-state index >= 15 is 0 Å². The summed E-state index contributed by atoms with van der Waals surface area (Å²) in [6, 6.07) is -2.26. The summed E-state index contributed by atoms with van der Waals surface area (Å²) in [7, 11) is 0. The number of hydrogen-bond donors (Lipinski definition) is 5. The van der Waals surface area contributed by atoms with Crippen LogP contribution in [0.5, 0.6) is 0 Å². The van der Waals surface area contributed by atoms with Crippen molar-refractivity contribution in [3.05, 3.63) is 0 Å². The molecule has 2 atom stereocenters. The van der Waals surface area contributed by atoms with Crippen molar-refractivity contribution in [1.29, 1.82) is 0 Å². The number of carboxylic acids is 2. The van der Waals surface area contributed by atoms with E-state index in [9.17, 15) is 19.2 Å². The highest BCUT2D eigenvalue weighted by atomic mass is 16.4. The number of aliphatic carboxylic acids is 2. The maximum absolute atomic E-state index is 11.7. The van der Waals surface area contributed by atoms with Crippen molar-refractivity contribution in [3.8, 4) is 0 Å². The van der Waals surface area contributed by atoms with Crippen LogP contribution >= 0.6 is 0 Å². The Labute approximate surface area is 115 Å². The Hall–Kier alpha value is -2.16. The largest absolute Gasteiger partial charge is 0.481 e. The quantitative estimate of drug-likeness (QED) is 0.350. The molecule has 0 bridgehead atoms. The van der Waals surface area contributed by atoms with E-state index in [4.69, 9.17) is 15.9 Å². The smallest absolute Gasteiger partial charge is 0.322 e. The lowest BCUT2D eigenvalue weighted by Gasteiger charge is -2.22. The van der Waals surface area contributed by atoms with Crippen molar-refractivity contribution in [2.45, 2.75) is 32.4 Å². The topological polar surface area (TPSA) is 159 Å². The molecular formula is C11H19N3O6. The predicted octanol–water partition coefficient (Wildman–Crippen LogP) is -1.87. The van der Waals surface area contributed by atoms with Crippen LogP contribution in [0.1, 0.15) is 20.3 Å². The van der Waals surface area contributed by atoms with Crippen molar-refractivity contribution in [2.24, 2.45) is 11.7 Å². The molecule has 0 heterocycles. The van der Waals surface area contributed by atoms with Crippen LogP contribution in [-0.4, -0.2) is 52.6 Å². The Morgan fingerprint density at radius 3 is 2.00 bits per heavy atom. The van der Waals surface area contributed by atoms with Crippen LogP contribution in [0.25, 0.3) is 0 Å². The number of amides is 2. The molecule has 114 valence electrons. The van der Waals surface area contributed by atoms with Crippen molar-refractivity contribution < 1.29 is 29.4 Å². The molecular weight excluding hydrogens is 270 g/mol. The van der Waals surface area contributed by atoms with Crippen LogP contribution in [0.15, 0.2) is 0 Å². The molecule has 0 aromatic carbocycles. The lowest BCUT2D eigenvalue weighted by atomic mass is 10.0. The standard InChI is InChI=1S/C11H19N3O6/c1-5(2)9(11(20)13-4-8(17)18)14-10(19)6(12)3-7(15)16/h5-6,9H,3-4,12H2,1-2H3,(H,13,20)(H,14,19)(H,15,16)(H,17,18). The Morgan fingerprint density at radius 1 is 1.05 bits per heavy atom. The number of carbonyl (C=O) groups excluding carboxylic acids is 2. The number of nitrogens with two attached hydrogens (primary N) is 1. The molecule has 0 fully saturated rings. The lowest BCUT2D eigenvalue weighted by Crippen LogP contribution is -2.54. The number of carboxylic acid groups (broad SMARTS) is 2. The van der Waals surface area contributed by atoms with Crippen molar-refractivity contribution >= 4 is 23.8 Å². The normalized spacial score (nSPS) is 13.4. The summed E-state index contributed by atoms with van der Waals surface area (Å²) >= 11 is 0.